The number of hydrogen-bond acceptors (Lipinski definition) is 4. The van der Waals surface area contributed by atoms with Crippen molar-refractivity contribution >= 4 is 22.6 Å². The van der Waals surface area contributed by atoms with Gasteiger partial charge >= 0.3 is 0 Å². The summed E-state index contributed by atoms with van der Waals surface area (Å²) < 4.78 is 13.1. The fraction of sp³-hybridized carbons (Fsp3) is 0.259. The van der Waals surface area contributed by atoms with Crippen LogP contribution < -0.4 is 14.4 Å². The van der Waals surface area contributed by atoms with Crippen molar-refractivity contribution in [3.63, 3.8) is 0 Å². The van der Waals surface area contributed by atoms with Gasteiger partial charge in [0.1, 0.15) is 5.82 Å². The molecule has 0 saturated carbocycles. The molecule has 1 aliphatic rings. The largest absolute Gasteiger partial charge is 0.493 e. The molecule has 0 N–H and O–H groups in total. The van der Waals surface area contributed by atoms with Gasteiger partial charge in [-0.2, -0.15) is 0 Å². The maximum Gasteiger partial charge on any atom is 0.227 e. The molecule has 1 atom stereocenters. The van der Waals surface area contributed by atoms with Crippen LogP contribution in [-0.4, -0.2) is 36.2 Å². The smallest absolute Gasteiger partial charge is 0.227 e. The Balaban J connectivity index is 1.52. The van der Waals surface area contributed by atoms with E-state index in [1.165, 1.54) is 0 Å². The molecule has 1 saturated heterocycles. The van der Waals surface area contributed by atoms with E-state index < -0.39 is 0 Å². The first kappa shape index (κ1) is 21.1. The molecule has 0 spiro atoms. The number of carbonyl (C=O) groups excluding carboxylic acids is 1. The van der Waals surface area contributed by atoms with Crippen LogP contribution in [0.4, 0.5) is 5.69 Å². The van der Waals surface area contributed by atoms with Gasteiger partial charge in [0.05, 0.1) is 25.3 Å². The lowest BCUT2D eigenvalue weighted by Crippen LogP contribution is -2.24. The molecule has 1 fully saturated rings. The first-order chi connectivity index (χ1) is 16.1. The lowest BCUT2D eigenvalue weighted by Gasteiger charge is -2.18. The Bertz CT molecular complexity index is 1330. The molecular weight excluding hydrogens is 414 g/mol. The highest BCUT2D eigenvalue weighted by molar-refractivity contribution is 5.96. The molecule has 1 unspecified atom stereocenters. The summed E-state index contributed by atoms with van der Waals surface area (Å²) in [7, 11) is 3.28. The Labute approximate surface area is 193 Å². The maximum absolute atomic E-state index is 13.0. The molecule has 4 aromatic rings. The molecule has 1 amide bonds. The van der Waals surface area contributed by atoms with E-state index in [-0.39, 0.29) is 11.8 Å². The van der Waals surface area contributed by atoms with Crippen molar-refractivity contribution in [3.8, 4) is 11.5 Å². The summed E-state index contributed by atoms with van der Waals surface area (Å²) in [5, 5.41) is 0. The third-order valence-electron chi connectivity index (χ3n) is 6.28. The zero-order chi connectivity index (χ0) is 22.9. The number of amides is 1. The Morgan fingerprint density at radius 1 is 0.970 bits per heavy atom. The number of nitrogens with zero attached hydrogens (tertiary/aromatic N) is 3. The second-order valence-corrected chi connectivity index (χ2v) is 8.48. The number of hydrogen-bond donors (Lipinski definition) is 0. The van der Waals surface area contributed by atoms with Crippen molar-refractivity contribution in [2.24, 2.45) is 0 Å². The van der Waals surface area contributed by atoms with Crippen molar-refractivity contribution in [1.29, 1.82) is 0 Å². The maximum atomic E-state index is 13.0. The van der Waals surface area contributed by atoms with Crippen LogP contribution in [0, 0.1) is 6.92 Å². The van der Waals surface area contributed by atoms with E-state index in [9.17, 15) is 4.79 Å². The molecule has 33 heavy (non-hydrogen) atoms. The molecule has 1 aliphatic heterocycles. The summed E-state index contributed by atoms with van der Waals surface area (Å²) in [5.74, 6) is 2.49. The molecule has 0 radical (unpaired) electrons. The third kappa shape index (κ3) is 3.93. The van der Waals surface area contributed by atoms with E-state index in [1.807, 2.05) is 66.4 Å². The summed E-state index contributed by atoms with van der Waals surface area (Å²) in [4.78, 5) is 19.8. The van der Waals surface area contributed by atoms with Gasteiger partial charge in [-0.3, -0.25) is 4.79 Å². The number of aromatic nitrogens is 2. The minimum Gasteiger partial charge on any atom is -0.493 e. The fourth-order valence-electron chi connectivity index (χ4n) is 4.66. The van der Waals surface area contributed by atoms with E-state index >= 15 is 0 Å². The van der Waals surface area contributed by atoms with Crippen LogP contribution in [0.25, 0.3) is 11.0 Å². The number of methoxy groups -OCH3 is 2. The van der Waals surface area contributed by atoms with Crippen molar-refractivity contribution in [3.05, 3.63) is 83.7 Å². The standard InChI is InChI=1S/C27H27N3O3/c1-18-7-6-8-21(13-18)29-17-20(15-26(29)31)27-28-22-9-4-5-10-23(22)30(27)16-19-11-12-24(32-2)25(14-19)33-3/h4-14,20H,15-17H2,1-3H3. The fourth-order valence-corrected chi connectivity index (χ4v) is 4.66. The molecule has 0 bridgehead atoms. The summed E-state index contributed by atoms with van der Waals surface area (Å²) in [6.07, 6.45) is 0.448. The van der Waals surface area contributed by atoms with Crippen LogP contribution in [-0.2, 0) is 11.3 Å². The van der Waals surface area contributed by atoms with Gasteiger partial charge in [0.25, 0.3) is 0 Å². The highest BCUT2D eigenvalue weighted by atomic mass is 16.5. The Hall–Kier alpha value is -3.80. The molecule has 5 rings (SSSR count). The third-order valence-corrected chi connectivity index (χ3v) is 6.28. The molecule has 6 heteroatoms. The molecular formula is C27H27N3O3. The van der Waals surface area contributed by atoms with Crippen LogP contribution in [0.2, 0.25) is 0 Å². The van der Waals surface area contributed by atoms with Gasteiger partial charge in [-0.25, -0.2) is 4.98 Å². The molecule has 168 valence electrons. The zero-order valence-electron chi connectivity index (χ0n) is 19.1. The van der Waals surface area contributed by atoms with E-state index in [1.54, 1.807) is 14.2 Å². The number of benzene rings is 3. The number of ether oxygens (including phenoxy) is 2. The monoisotopic (exact) mass is 441 g/mol. The summed E-state index contributed by atoms with van der Waals surface area (Å²) in [6.45, 7) is 3.30. The van der Waals surface area contributed by atoms with E-state index in [2.05, 4.69) is 16.7 Å². The zero-order valence-corrected chi connectivity index (χ0v) is 19.1. The lowest BCUT2D eigenvalue weighted by atomic mass is 10.1. The SMILES string of the molecule is COc1ccc(Cn2c(C3CC(=O)N(c4cccc(C)c4)C3)nc3ccccc32)cc1OC. The highest BCUT2D eigenvalue weighted by Gasteiger charge is 2.35. The second kappa shape index (κ2) is 8.62. The van der Waals surface area contributed by atoms with E-state index in [4.69, 9.17) is 14.5 Å². The number of rotatable bonds is 6. The van der Waals surface area contributed by atoms with Gasteiger partial charge in [-0.05, 0) is 54.4 Å². The van der Waals surface area contributed by atoms with Gasteiger partial charge in [0.15, 0.2) is 11.5 Å². The topological polar surface area (TPSA) is 56.6 Å². The summed E-state index contributed by atoms with van der Waals surface area (Å²) in [6, 6.07) is 22.2. The van der Waals surface area contributed by atoms with Crippen molar-refractivity contribution in [2.75, 3.05) is 25.7 Å². The quantitative estimate of drug-likeness (QED) is 0.426. The molecule has 2 heterocycles. The molecule has 3 aromatic carbocycles. The lowest BCUT2D eigenvalue weighted by molar-refractivity contribution is -0.117. The number of anilines is 1. The van der Waals surface area contributed by atoms with Crippen LogP contribution in [0.5, 0.6) is 11.5 Å². The van der Waals surface area contributed by atoms with Gasteiger partial charge < -0.3 is 18.9 Å². The number of carbonyl (C=O) groups is 1. The predicted molar refractivity (Wildman–Crippen MR) is 129 cm³/mol. The minimum atomic E-state index is 0.0190. The van der Waals surface area contributed by atoms with Gasteiger partial charge in [0, 0.05) is 31.1 Å². The first-order valence-electron chi connectivity index (χ1n) is 11.1. The van der Waals surface area contributed by atoms with E-state index in [0.29, 0.717) is 31.0 Å². The van der Waals surface area contributed by atoms with Crippen LogP contribution in [0.1, 0.15) is 29.3 Å². The van der Waals surface area contributed by atoms with Crippen molar-refractivity contribution in [1.82, 2.24) is 9.55 Å². The average molecular weight is 442 g/mol. The van der Waals surface area contributed by atoms with Crippen molar-refractivity contribution < 1.29 is 14.3 Å². The minimum absolute atomic E-state index is 0.0190. The highest BCUT2D eigenvalue weighted by Crippen LogP contribution is 2.34. The normalized spacial score (nSPS) is 15.9. The molecule has 1 aromatic heterocycles. The van der Waals surface area contributed by atoms with Crippen LogP contribution in [0.3, 0.4) is 0 Å². The number of imidazole rings is 1. The van der Waals surface area contributed by atoms with Crippen LogP contribution >= 0.6 is 0 Å². The number of para-hydroxylation sites is 2. The van der Waals surface area contributed by atoms with E-state index in [0.717, 1.165) is 33.7 Å². The summed E-state index contributed by atoms with van der Waals surface area (Å²) >= 11 is 0. The second-order valence-electron chi connectivity index (χ2n) is 8.48. The van der Waals surface area contributed by atoms with Crippen LogP contribution in [0.15, 0.2) is 66.7 Å². The summed E-state index contributed by atoms with van der Waals surface area (Å²) in [5.41, 5.74) is 5.17. The Morgan fingerprint density at radius 2 is 1.79 bits per heavy atom. The number of aryl methyl sites for hydroxylation is 1. The molecule has 6 nitrogen and oxygen atoms in total. The van der Waals surface area contributed by atoms with Gasteiger partial charge in [-0.1, -0.05) is 30.3 Å². The van der Waals surface area contributed by atoms with Gasteiger partial charge in [0.2, 0.25) is 5.91 Å². The number of fused-ring (bicyclic) bond motifs is 1. The van der Waals surface area contributed by atoms with Gasteiger partial charge in [-0.15, -0.1) is 0 Å². The first-order valence-corrected chi connectivity index (χ1v) is 11.1. The predicted octanol–water partition coefficient (Wildman–Crippen LogP) is 4.93. The van der Waals surface area contributed by atoms with Crippen molar-refractivity contribution in [2.45, 2.75) is 25.8 Å². The Kier molecular flexibility index (Phi) is 5.50. The Morgan fingerprint density at radius 3 is 2.58 bits per heavy atom. The average Bonchev–Trinajstić information content (AvgIpc) is 3.39. The molecule has 0 aliphatic carbocycles.